The molecule has 4 heteroatoms. The highest BCUT2D eigenvalue weighted by atomic mass is 16.2. The minimum Gasteiger partial charge on any atom is -0.351 e. The molecule has 2 heterocycles. The van der Waals surface area contributed by atoms with Crippen LogP contribution >= 0.6 is 0 Å². The zero-order valence-electron chi connectivity index (χ0n) is 8.74. The van der Waals surface area contributed by atoms with E-state index in [0.717, 1.165) is 5.56 Å². The summed E-state index contributed by atoms with van der Waals surface area (Å²) in [6.07, 6.45) is 4.39. The van der Waals surface area contributed by atoms with E-state index >= 15 is 0 Å². The monoisotopic (exact) mass is 193 g/mol. The summed E-state index contributed by atoms with van der Waals surface area (Å²) in [6.45, 7) is 4.10. The van der Waals surface area contributed by atoms with Crippen molar-refractivity contribution in [3.8, 4) is 0 Å². The van der Waals surface area contributed by atoms with E-state index in [1.54, 1.807) is 4.68 Å². The van der Waals surface area contributed by atoms with Gasteiger partial charge in [0, 0.05) is 31.1 Å². The maximum absolute atomic E-state index is 11.3. The molecule has 4 nitrogen and oxygen atoms in total. The summed E-state index contributed by atoms with van der Waals surface area (Å²) >= 11 is 0. The predicted octanol–water partition coefficient (Wildman–Crippen LogP) is 0.802. The van der Waals surface area contributed by atoms with Crippen LogP contribution in [0.4, 0.5) is 0 Å². The summed E-state index contributed by atoms with van der Waals surface area (Å²) in [4.78, 5) is 11.3. The van der Waals surface area contributed by atoms with Crippen LogP contribution in [0.3, 0.4) is 0 Å². The van der Waals surface area contributed by atoms with Crippen molar-refractivity contribution in [2.75, 3.05) is 0 Å². The van der Waals surface area contributed by atoms with Gasteiger partial charge >= 0.3 is 0 Å². The van der Waals surface area contributed by atoms with Crippen LogP contribution < -0.4 is 5.32 Å². The number of amides is 1. The Kier molecular flexibility index (Phi) is 1.87. The molecule has 1 N–H and O–H groups in total. The molecule has 1 fully saturated rings. The average Bonchev–Trinajstić information content (AvgIpc) is 2.55. The molecule has 1 aromatic rings. The smallest absolute Gasteiger partial charge is 0.221 e. The summed E-state index contributed by atoms with van der Waals surface area (Å²) in [5.74, 6) is 0.368. The van der Waals surface area contributed by atoms with Crippen LogP contribution in [0.2, 0.25) is 0 Å². The van der Waals surface area contributed by atoms with Crippen LogP contribution in [0.15, 0.2) is 12.4 Å². The summed E-state index contributed by atoms with van der Waals surface area (Å²) in [5.41, 5.74) is 0.982. The van der Waals surface area contributed by atoms with E-state index in [1.165, 1.54) is 0 Å². The zero-order valence-corrected chi connectivity index (χ0v) is 8.74. The molecule has 1 aliphatic rings. The molecule has 1 aliphatic heterocycles. The van der Waals surface area contributed by atoms with Gasteiger partial charge in [-0.25, -0.2) is 0 Å². The van der Waals surface area contributed by atoms with Gasteiger partial charge in [-0.3, -0.25) is 9.48 Å². The van der Waals surface area contributed by atoms with Gasteiger partial charge in [-0.2, -0.15) is 5.10 Å². The number of aromatic nitrogens is 2. The highest BCUT2D eigenvalue weighted by molar-refractivity contribution is 5.81. The van der Waals surface area contributed by atoms with Gasteiger partial charge in [-0.05, 0) is 19.4 Å². The van der Waals surface area contributed by atoms with Gasteiger partial charge in [0.1, 0.15) is 0 Å². The van der Waals surface area contributed by atoms with Crippen molar-refractivity contribution in [2.45, 2.75) is 31.7 Å². The Balaban J connectivity index is 2.31. The Morgan fingerprint density at radius 1 is 1.64 bits per heavy atom. The number of aryl methyl sites for hydroxylation is 1. The van der Waals surface area contributed by atoms with Gasteiger partial charge in [0.05, 0.1) is 6.20 Å². The van der Waals surface area contributed by atoms with E-state index in [-0.39, 0.29) is 17.4 Å². The quantitative estimate of drug-likeness (QED) is 0.717. The lowest BCUT2D eigenvalue weighted by Crippen LogP contribution is -2.38. The molecule has 1 unspecified atom stereocenters. The number of rotatable bonds is 1. The van der Waals surface area contributed by atoms with Crippen molar-refractivity contribution in [3.05, 3.63) is 18.0 Å². The van der Waals surface area contributed by atoms with Crippen LogP contribution in [-0.2, 0) is 11.8 Å². The third-order valence-corrected chi connectivity index (χ3v) is 2.85. The number of nitrogens with zero attached hydrogens (tertiary/aromatic N) is 2. The first kappa shape index (κ1) is 9.24. The van der Waals surface area contributed by atoms with Crippen LogP contribution in [0, 0.1) is 0 Å². The zero-order chi connectivity index (χ0) is 10.3. The Morgan fingerprint density at radius 3 is 2.79 bits per heavy atom. The lowest BCUT2D eigenvalue weighted by atomic mass is 9.85. The third-order valence-electron chi connectivity index (χ3n) is 2.85. The molecule has 1 amide bonds. The molecule has 0 radical (unpaired) electrons. The van der Waals surface area contributed by atoms with Crippen LogP contribution in [-0.4, -0.2) is 21.2 Å². The fraction of sp³-hybridized carbons (Fsp3) is 0.600. The molecule has 14 heavy (non-hydrogen) atoms. The molecule has 0 saturated carbocycles. The van der Waals surface area contributed by atoms with E-state index in [0.29, 0.717) is 6.42 Å². The lowest BCUT2D eigenvalue weighted by Gasteiger charge is -2.25. The molecule has 1 saturated heterocycles. The lowest BCUT2D eigenvalue weighted by molar-refractivity contribution is -0.119. The Bertz CT molecular complexity index is 367. The number of hydrogen-bond acceptors (Lipinski definition) is 2. The number of nitrogens with one attached hydrogen (secondary N) is 1. The predicted molar refractivity (Wildman–Crippen MR) is 52.8 cm³/mol. The Hall–Kier alpha value is -1.32. The first-order valence-corrected chi connectivity index (χ1v) is 4.78. The van der Waals surface area contributed by atoms with Gasteiger partial charge in [-0.15, -0.1) is 0 Å². The largest absolute Gasteiger partial charge is 0.351 e. The van der Waals surface area contributed by atoms with Gasteiger partial charge < -0.3 is 5.32 Å². The Morgan fingerprint density at radius 2 is 2.36 bits per heavy atom. The summed E-state index contributed by atoms with van der Waals surface area (Å²) in [5, 5.41) is 7.10. The number of carbonyl (C=O) groups is 1. The van der Waals surface area contributed by atoms with E-state index in [9.17, 15) is 4.79 Å². The van der Waals surface area contributed by atoms with Gasteiger partial charge in [0.25, 0.3) is 0 Å². The fourth-order valence-electron chi connectivity index (χ4n) is 2.09. The minimum atomic E-state index is -0.153. The highest BCUT2D eigenvalue weighted by Crippen LogP contribution is 2.35. The molecule has 0 aliphatic carbocycles. The molecule has 0 spiro atoms. The fourth-order valence-corrected chi connectivity index (χ4v) is 2.09. The maximum atomic E-state index is 11.3. The van der Waals surface area contributed by atoms with Crippen molar-refractivity contribution < 1.29 is 4.79 Å². The standard InChI is InChI=1S/C10H15N3O/c1-10(2)8(4-9(14)12-10)7-5-11-13(3)6-7/h5-6,8H,4H2,1-3H3,(H,12,14). The molecule has 76 valence electrons. The van der Waals surface area contributed by atoms with Crippen molar-refractivity contribution >= 4 is 5.91 Å². The van der Waals surface area contributed by atoms with Crippen molar-refractivity contribution in [1.82, 2.24) is 15.1 Å². The highest BCUT2D eigenvalue weighted by Gasteiger charge is 2.40. The van der Waals surface area contributed by atoms with Crippen molar-refractivity contribution in [3.63, 3.8) is 0 Å². The van der Waals surface area contributed by atoms with Crippen LogP contribution in [0.25, 0.3) is 0 Å². The van der Waals surface area contributed by atoms with Crippen LogP contribution in [0.5, 0.6) is 0 Å². The molecule has 1 atom stereocenters. The first-order valence-electron chi connectivity index (χ1n) is 4.78. The van der Waals surface area contributed by atoms with E-state index in [4.69, 9.17) is 0 Å². The summed E-state index contributed by atoms with van der Waals surface area (Å²) in [6, 6.07) is 0. The molecule has 2 rings (SSSR count). The number of hydrogen-bond donors (Lipinski definition) is 1. The third kappa shape index (κ3) is 1.41. The van der Waals surface area contributed by atoms with E-state index in [2.05, 4.69) is 24.3 Å². The summed E-state index contributed by atoms with van der Waals surface area (Å²) < 4.78 is 1.77. The average molecular weight is 193 g/mol. The second-order valence-corrected chi connectivity index (χ2v) is 4.47. The van der Waals surface area contributed by atoms with Gasteiger partial charge in [-0.1, -0.05) is 0 Å². The molecular weight excluding hydrogens is 178 g/mol. The Labute approximate surface area is 83.3 Å². The van der Waals surface area contributed by atoms with Crippen LogP contribution in [0.1, 0.15) is 31.7 Å². The molecule has 1 aromatic heterocycles. The first-order chi connectivity index (χ1) is 6.49. The normalized spacial score (nSPS) is 25.1. The van der Waals surface area contributed by atoms with E-state index in [1.807, 2.05) is 19.4 Å². The molecule has 0 bridgehead atoms. The van der Waals surface area contributed by atoms with Crippen molar-refractivity contribution in [1.29, 1.82) is 0 Å². The second-order valence-electron chi connectivity index (χ2n) is 4.47. The van der Waals surface area contributed by atoms with Gasteiger partial charge in [0.2, 0.25) is 5.91 Å². The minimum absolute atomic E-state index is 0.129. The molecule has 0 aromatic carbocycles. The van der Waals surface area contributed by atoms with Crippen molar-refractivity contribution in [2.24, 2.45) is 7.05 Å². The second kappa shape index (κ2) is 2.83. The number of carbonyl (C=O) groups excluding carboxylic acids is 1. The SMILES string of the molecule is Cn1cc(C2CC(=O)NC2(C)C)cn1. The maximum Gasteiger partial charge on any atom is 0.221 e. The molecular formula is C10H15N3O. The van der Waals surface area contributed by atoms with E-state index < -0.39 is 0 Å². The van der Waals surface area contributed by atoms with Gasteiger partial charge in [0.15, 0.2) is 0 Å². The topological polar surface area (TPSA) is 46.9 Å². The summed E-state index contributed by atoms with van der Waals surface area (Å²) in [7, 11) is 1.89.